The fraction of sp³-hybridized carbons (Fsp3) is 0.167. The van der Waals surface area contributed by atoms with Crippen molar-refractivity contribution < 1.29 is 0 Å². The van der Waals surface area contributed by atoms with Crippen molar-refractivity contribution in [2.24, 2.45) is 0 Å². The van der Waals surface area contributed by atoms with Gasteiger partial charge in [-0.2, -0.15) is 0 Å². The molecule has 1 heterocycles. The summed E-state index contributed by atoms with van der Waals surface area (Å²) in [5.74, 6) is 0. The second kappa shape index (κ2) is 5.21. The van der Waals surface area contributed by atoms with E-state index in [0.717, 1.165) is 13.8 Å². The van der Waals surface area contributed by atoms with E-state index in [1.807, 2.05) is 18.2 Å². The number of halogens is 3. The van der Waals surface area contributed by atoms with Gasteiger partial charge in [-0.15, -0.1) is 22.9 Å². The molecule has 0 aliphatic rings. The maximum absolute atomic E-state index is 6.49. The predicted molar refractivity (Wildman–Crippen MR) is 78.6 cm³/mol. The third-order valence-electron chi connectivity index (χ3n) is 2.34. The maximum Gasteiger partial charge on any atom is 0.0846 e. The molecule has 0 nitrogen and oxygen atoms in total. The molecule has 0 amide bonds. The molecule has 1 aromatic carbocycles. The van der Waals surface area contributed by atoms with Gasteiger partial charge in [0.1, 0.15) is 0 Å². The molecule has 2 rings (SSSR count). The molecule has 2 aromatic rings. The number of alkyl halides is 1. The van der Waals surface area contributed by atoms with Crippen LogP contribution in [0.2, 0.25) is 0 Å². The van der Waals surface area contributed by atoms with Crippen molar-refractivity contribution in [1.82, 2.24) is 0 Å². The Balaban J connectivity index is 2.38. The molecule has 1 atom stereocenters. The molecule has 84 valence electrons. The van der Waals surface area contributed by atoms with Crippen molar-refractivity contribution in [3.05, 3.63) is 54.6 Å². The van der Waals surface area contributed by atoms with Gasteiger partial charge in [0.05, 0.1) is 9.16 Å². The van der Waals surface area contributed by atoms with Gasteiger partial charge >= 0.3 is 0 Å². The van der Waals surface area contributed by atoms with Crippen molar-refractivity contribution in [2.45, 2.75) is 12.3 Å². The zero-order valence-electron chi connectivity index (χ0n) is 8.51. The van der Waals surface area contributed by atoms with Crippen LogP contribution in [0.1, 0.15) is 21.4 Å². The van der Waals surface area contributed by atoms with E-state index in [1.165, 1.54) is 10.4 Å². The summed E-state index contributed by atoms with van der Waals surface area (Å²) >= 11 is 15.2. The number of benzene rings is 1. The summed E-state index contributed by atoms with van der Waals surface area (Å²) in [7, 11) is 0. The Kier molecular flexibility index (Phi) is 4.11. The van der Waals surface area contributed by atoms with E-state index < -0.39 is 0 Å². The van der Waals surface area contributed by atoms with Crippen LogP contribution in [0.4, 0.5) is 0 Å². The number of hydrogen-bond donors (Lipinski definition) is 0. The van der Waals surface area contributed by atoms with Gasteiger partial charge in [0.25, 0.3) is 0 Å². The van der Waals surface area contributed by atoms with Gasteiger partial charge in [-0.05, 0) is 52.2 Å². The normalized spacial score (nSPS) is 12.8. The lowest BCUT2D eigenvalue weighted by molar-refractivity contribution is 1.13. The SMILES string of the molecule is Cc1sc(Br)cc1C(Cl)c1cccc(Br)c1. The smallest absolute Gasteiger partial charge is 0.0846 e. The summed E-state index contributed by atoms with van der Waals surface area (Å²) in [6, 6.07) is 10.2. The topological polar surface area (TPSA) is 0 Å². The molecule has 0 saturated heterocycles. The molecule has 0 aliphatic carbocycles. The average molecular weight is 381 g/mol. The van der Waals surface area contributed by atoms with E-state index >= 15 is 0 Å². The second-order valence-electron chi connectivity index (χ2n) is 3.48. The molecule has 0 aliphatic heterocycles. The molecule has 0 N–H and O–H groups in total. The van der Waals surface area contributed by atoms with Gasteiger partial charge in [-0.3, -0.25) is 0 Å². The zero-order valence-corrected chi connectivity index (χ0v) is 13.3. The fourth-order valence-corrected chi connectivity index (χ4v) is 4.15. The standard InChI is InChI=1S/C12H9Br2ClS/c1-7-10(6-11(14)16-7)12(15)8-3-2-4-9(13)5-8/h2-6,12H,1H3. The van der Waals surface area contributed by atoms with Crippen LogP contribution in [0, 0.1) is 6.92 Å². The quantitative estimate of drug-likeness (QED) is 0.568. The van der Waals surface area contributed by atoms with Gasteiger partial charge in [0.2, 0.25) is 0 Å². The summed E-state index contributed by atoms with van der Waals surface area (Å²) in [6.07, 6.45) is 0. The van der Waals surface area contributed by atoms with Gasteiger partial charge in [-0.25, -0.2) is 0 Å². The third-order valence-corrected chi connectivity index (χ3v) is 4.89. The lowest BCUT2D eigenvalue weighted by atomic mass is 10.1. The largest absolute Gasteiger partial charge is 0.133 e. The van der Waals surface area contributed by atoms with Crippen molar-refractivity contribution in [1.29, 1.82) is 0 Å². The van der Waals surface area contributed by atoms with Crippen LogP contribution in [-0.2, 0) is 0 Å². The monoisotopic (exact) mass is 378 g/mol. The number of rotatable bonds is 2. The minimum Gasteiger partial charge on any atom is -0.133 e. The van der Waals surface area contributed by atoms with Crippen molar-refractivity contribution in [3.8, 4) is 0 Å². The van der Waals surface area contributed by atoms with Crippen LogP contribution in [0.3, 0.4) is 0 Å². The number of thiophene rings is 1. The van der Waals surface area contributed by atoms with E-state index in [-0.39, 0.29) is 5.38 Å². The first-order chi connectivity index (χ1) is 7.58. The Morgan fingerprint density at radius 3 is 2.56 bits per heavy atom. The molecule has 0 saturated carbocycles. The molecule has 4 heteroatoms. The molecule has 1 unspecified atom stereocenters. The van der Waals surface area contributed by atoms with E-state index in [1.54, 1.807) is 11.3 Å². The molecular formula is C12H9Br2ClS. The van der Waals surface area contributed by atoms with Gasteiger partial charge in [0, 0.05) is 9.35 Å². The van der Waals surface area contributed by atoms with Crippen LogP contribution in [-0.4, -0.2) is 0 Å². The Morgan fingerprint density at radius 1 is 1.25 bits per heavy atom. The van der Waals surface area contributed by atoms with Crippen molar-refractivity contribution >= 4 is 54.8 Å². The van der Waals surface area contributed by atoms with Crippen molar-refractivity contribution in [3.63, 3.8) is 0 Å². The number of aryl methyl sites for hydroxylation is 1. The van der Waals surface area contributed by atoms with Gasteiger partial charge in [-0.1, -0.05) is 28.1 Å². The van der Waals surface area contributed by atoms with E-state index in [0.29, 0.717) is 0 Å². The highest BCUT2D eigenvalue weighted by atomic mass is 79.9. The fourth-order valence-electron chi connectivity index (χ4n) is 1.55. The molecule has 0 fully saturated rings. The van der Waals surface area contributed by atoms with Crippen LogP contribution in [0.15, 0.2) is 38.6 Å². The van der Waals surface area contributed by atoms with E-state index in [4.69, 9.17) is 11.6 Å². The molecule has 0 spiro atoms. The summed E-state index contributed by atoms with van der Waals surface area (Å²) in [5.41, 5.74) is 2.29. The maximum atomic E-state index is 6.49. The Labute approximate surface area is 121 Å². The summed E-state index contributed by atoms with van der Waals surface area (Å²) in [4.78, 5) is 1.26. The summed E-state index contributed by atoms with van der Waals surface area (Å²) < 4.78 is 2.18. The molecule has 0 radical (unpaired) electrons. The Morgan fingerprint density at radius 2 is 2.00 bits per heavy atom. The van der Waals surface area contributed by atoms with Crippen LogP contribution >= 0.6 is 54.8 Å². The molecule has 0 bridgehead atoms. The van der Waals surface area contributed by atoms with Crippen molar-refractivity contribution in [2.75, 3.05) is 0 Å². The second-order valence-corrected chi connectivity index (χ2v) is 7.47. The van der Waals surface area contributed by atoms with E-state index in [9.17, 15) is 0 Å². The summed E-state index contributed by atoms with van der Waals surface area (Å²) in [5, 5.41) is -0.0833. The first-order valence-corrected chi connectivity index (χ1v) is 7.57. The van der Waals surface area contributed by atoms with Crippen LogP contribution < -0.4 is 0 Å². The Hall–Kier alpha value is 0.170. The Bertz CT molecular complexity index is 507. The van der Waals surface area contributed by atoms with Gasteiger partial charge in [0.15, 0.2) is 0 Å². The minimum atomic E-state index is -0.0833. The first-order valence-electron chi connectivity index (χ1n) is 4.73. The van der Waals surface area contributed by atoms with Gasteiger partial charge < -0.3 is 0 Å². The third kappa shape index (κ3) is 2.70. The lowest BCUT2D eigenvalue weighted by Gasteiger charge is -2.09. The highest BCUT2D eigenvalue weighted by Crippen LogP contribution is 2.37. The average Bonchev–Trinajstić information content (AvgIpc) is 2.57. The highest BCUT2D eigenvalue weighted by molar-refractivity contribution is 9.11. The molecule has 16 heavy (non-hydrogen) atoms. The zero-order chi connectivity index (χ0) is 11.7. The van der Waals surface area contributed by atoms with E-state index in [2.05, 4.69) is 50.9 Å². The predicted octanol–water partition coefficient (Wildman–Crippen LogP) is 5.91. The highest BCUT2D eigenvalue weighted by Gasteiger charge is 2.15. The first kappa shape index (κ1) is 12.6. The molecule has 1 aromatic heterocycles. The molecular weight excluding hydrogens is 371 g/mol. The van der Waals surface area contributed by atoms with Crippen LogP contribution in [0.25, 0.3) is 0 Å². The van der Waals surface area contributed by atoms with Crippen LogP contribution in [0.5, 0.6) is 0 Å². The minimum absolute atomic E-state index is 0.0833. The summed E-state index contributed by atoms with van der Waals surface area (Å²) in [6.45, 7) is 2.10. The lowest BCUT2D eigenvalue weighted by Crippen LogP contribution is -1.92. The number of hydrogen-bond acceptors (Lipinski definition) is 1.